The van der Waals surface area contributed by atoms with Crippen LogP contribution in [0.1, 0.15) is 45.9 Å². The van der Waals surface area contributed by atoms with Gasteiger partial charge in [-0.05, 0) is 59.9 Å². The molecule has 1 fully saturated rings. The Morgan fingerprint density at radius 1 is 1.13 bits per heavy atom. The Hall–Kier alpha value is -2.70. The Labute approximate surface area is 189 Å². The molecule has 0 saturated carbocycles. The van der Waals surface area contributed by atoms with Crippen molar-refractivity contribution in [3.05, 3.63) is 93.2 Å². The van der Waals surface area contributed by atoms with Crippen LogP contribution in [0.4, 0.5) is 4.39 Å². The van der Waals surface area contributed by atoms with Crippen LogP contribution >= 0.6 is 15.9 Å². The van der Waals surface area contributed by atoms with Crippen molar-refractivity contribution >= 4 is 21.9 Å². The van der Waals surface area contributed by atoms with Crippen molar-refractivity contribution in [2.75, 3.05) is 6.54 Å². The highest BCUT2D eigenvalue weighted by Crippen LogP contribution is 2.42. The second kappa shape index (κ2) is 9.62. The third kappa shape index (κ3) is 4.65. The van der Waals surface area contributed by atoms with Crippen LogP contribution in [0.25, 0.3) is 0 Å². The van der Waals surface area contributed by atoms with E-state index in [1.54, 1.807) is 31.2 Å². The van der Waals surface area contributed by atoms with E-state index in [0.29, 0.717) is 21.5 Å². The highest BCUT2D eigenvalue weighted by molar-refractivity contribution is 9.10. The minimum absolute atomic E-state index is 0.0888. The molecular formula is C25H23BrFNO3. The molecule has 6 heteroatoms. The van der Waals surface area contributed by atoms with Crippen LogP contribution in [0.5, 0.6) is 11.5 Å². The maximum absolute atomic E-state index is 15.5. The third-order valence-electron chi connectivity index (χ3n) is 5.40. The third-order valence-corrected chi connectivity index (χ3v) is 6.18. The first-order valence-corrected chi connectivity index (χ1v) is 11.0. The Morgan fingerprint density at radius 2 is 1.81 bits per heavy atom. The predicted molar refractivity (Wildman–Crippen MR) is 121 cm³/mol. The molecule has 1 saturated heterocycles. The van der Waals surface area contributed by atoms with Crippen molar-refractivity contribution in [2.45, 2.75) is 32.4 Å². The summed E-state index contributed by atoms with van der Waals surface area (Å²) in [6.45, 7) is 2.67. The van der Waals surface area contributed by atoms with Crippen LogP contribution in [0.2, 0.25) is 0 Å². The summed E-state index contributed by atoms with van der Waals surface area (Å²) in [5.41, 5.74) is 1.75. The van der Waals surface area contributed by atoms with Crippen LogP contribution in [0, 0.1) is 12.7 Å². The fourth-order valence-corrected chi connectivity index (χ4v) is 4.57. The van der Waals surface area contributed by atoms with Crippen LogP contribution in [0.3, 0.4) is 0 Å². The minimum atomic E-state index is -0.655. The number of halogens is 2. The Bertz CT molecular complexity index is 1070. The van der Waals surface area contributed by atoms with E-state index < -0.39 is 11.8 Å². The molecule has 1 atom stereocenters. The van der Waals surface area contributed by atoms with Crippen LogP contribution < -0.4 is 14.8 Å². The average Bonchev–Trinajstić information content (AvgIpc) is 3.31. The van der Waals surface area contributed by atoms with E-state index in [4.69, 9.17) is 9.47 Å². The van der Waals surface area contributed by atoms with Gasteiger partial charge in [0.1, 0.15) is 29.5 Å². The summed E-state index contributed by atoms with van der Waals surface area (Å²) in [6.07, 6.45) is 1.79. The standard InChI is InChI=1S/C25H23BrFNO3/c1-16-20(25(29)31-18-11-6-3-7-12-18)24(30-15-17-9-4-2-5-10-17)22(26)21(23(16)27)19-13-8-14-28-19/h2-7,9-12,19,28H,8,13-15H2,1H3. The van der Waals surface area contributed by atoms with Gasteiger partial charge in [0.15, 0.2) is 0 Å². The molecule has 1 aliphatic heterocycles. The number of benzene rings is 3. The van der Waals surface area contributed by atoms with E-state index >= 15 is 4.39 Å². The monoisotopic (exact) mass is 483 g/mol. The van der Waals surface area contributed by atoms with Crippen molar-refractivity contribution in [3.63, 3.8) is 0 Å². The Morgan fingerprint density at radius 3 is 2.45 bits per heavy atom. The number of carbonyl (C=O) groups is 1. The number of carbonyl (C=O) groups excluding carboxylic acids is 1. The van der Waals surface area contributed by atoms with Gasteiger partial charge in [-0.25, -0.2) is 9.18 Å². The largest absolute Gasteiger partial charge is 0.487 e. The van der Waals surface area contributed by atoms with Crippen molar-refractivity contribution in [1.29, 1.82) is 0 Å². The first-order valence-electron chi connectivity index (χ1n) is 10.2. The molecule has 1 aliphatic rings. The molecular weight excluding hydrogens is 461 g/mol. The molecule has 4 rings (SSSR count). The molecule has 0 bridgehead atoms. The second-order valence-electron chi connectivity index (χ2n) is 7.50. The van der Waals surface area contributed by atoms with Gasteiger partial charge in [-0.3, -0.25) is 0 Å². The molecule has 160 valence electrons. The zero-order valence-electron chi connectivity index (χ0n) is 17.2. The van der Waals surface area contributed by atoms with Gasteiger partial charge in [0, 0.05) is 17.2 Å². The summed E-state index contributed by atoms with van der Waals surface area (Å²) >= 11 is 3.54. The van der Waals surface area contributed by atoms with E-state index in [0.717, 1.165) is 24.9 Å². The Balaban J connectivity index is 1.76. The lowest BCUT2D eigenvalue weighted by Crippen LogP contribution is -2.20. The van der Waals surface area contributed by atoms with Gasteiger partial charge in [0.05, 0.1) is 4.47 Å². The summed E-state index contributed by atoms with van der Waals surface area (Å²) in [5, 5.41) is 3.33. The zero-order chi connectivity index (χ0) is 21.8. The Kier molecular flexibility index (Phi) is 6.68. The summed E-state index contributed by atoms with van der Waals surface area (Å²) in [6, 6.07) is 18.2. The number of rotatable bonds is 6. The van der Waals surface area contributed by atoms with Gasteiger partial charge in [0.2, 0.25) is 0 Å². The highest BCUT2D eigenvalue weighted by atomic mass is 79.9. The zero-order valence-corrected chi connectivity index (χ0v) is 18.7. The SMILES string of the molecule is Cc1c(F)c(C2CCCN2)c(Br)c(OCc2ccccc2)c1C(=O)Oc1ccccc1. The van der Waals surface area contributed by atoms with Crippen LogP contribution in [0.15, 0.2) is 65.1 Å². The molecule has 4 nitrogen and oxygen atoms in total. The van der Waals surface area contributed by atoms with Gasteiger partial charge >= 0.3 is 5.97 Å². The average molecular weight is 484 g/mol. The minimum Gasteiger partial charge on any atom is -0.487 e. The fourth-order valence-electron chi connectivity index (χ4n) is 3.80. The molecule has 0 aromatic heterocycles. The van der Waals surface area contributed by atoms with Crippen molar-refractivity contribution in [3.8, 4) is 11.5 Å². The molecule has 3 aromatic carbocycles. The number of hydrogen-bond donors (Lipinski definition) is 1. The van der Waals surface area contributed by atoms with Gasteiger partial charge in [-0.15, -0.1) is 0 Å². The number of para-hydroxylation sites is 1. The normalized spacial score (nSPS) is 15.6. The molecule has 3 aromatic rings. The van der Waals surface area contributed by atoms with Gasteiger partial charge < -0.3 is 14.8 Å². The summed E-state index contributed by atoms with van der Waals surface area (Å²) in [5.74, 6) is -0.387. The van der Waals surface area contributed by atoms with Crippen molar-refractivity contribution in [1.82, 2.24) is 5.32 Å². The lowest BCUT2D eigenvalue weighted by Gasteiger charge is -2.22. The lowest BCUT2D eigenvalue weighted by molar-refractivity contribution is 0.0728. The first-order chi connectivity index (χ1) is 15.1. The number of hydrogen-bond acceptors (Lipinski definition) is 4. The molecule has 0 radical (unpaired) electrons. The molecule has 1 unspecified atom stereocenters. The highest BCUT2D eigenvalue weighted by Gasteiger charge is 2.32. The van der Waals surface area contributed by atoms with E-state index in [-0.39, 0.29) is 23.8 Å². The van der Waals surface area contributed by atoms with E-state index in [2.05, 4.69) is 21.2 Å². The van der Waals surface area contributed by atoms with Gasteiger partial charge in [-0.1, -0.05) is 48.5 Å². The van der Waals surface area contributed by atoms with Gasteiger partial charge in [0.25, 0.3) is 0 Å². The maximum atomic E-state index is 15.5. The number of esters is 1. The molecule has 1 N–H and O–H groups in total. The number of ether oxygens (including phenoxy) is 2. The van der Waals surface area contributed by atoms with Crippen molar-refractivity contribution < 1.29 is 18.7 Å². The summed E-state index contributed by atoms with van der Waals surface area (Å²) in [7, 11) is 0. The van der Waals surface area contributed by atoms with Crippen LogP contribution in [-0.4, -0.2) is 12.5 Å². The summed E-state index contributed by atoms with van der Waals surface area (Å²) in [4.78, 5) is 13.1. The summed E-state index contributed by atoms with van der Waals surface area (Å²) < 4.78 is 27.6. The first kappa shape index (κ1) is 21.5. The molecule has 0 amide bonds. The second-order valence-corrected chi connectivity index (χ2v) is 8.29. The van der Waals surface area contributed by atoms with Crippen molar-refractivity contribution in [2.24, 2.45) is 0 Å². The van der Waals surface area contributed by atoms with E-state index in [1.807, 2.05) is 36.4 Å². The molecule has 31 heavy (non-hydrogen) atoms. The predicted octanol–water partition coefficient (Wildman–Crippen LogP) is 6.12. The maximum Gasteiger partial charge on any atom is 0.347 e. The number of nitrogens with one attached hydrogen (secondary N) is 1. The fraction of sp³-hybridized carbons (Fsp3) is 0.240. The topological polar surface area (TPSA) is 47.6 Å². The smallest absolute Gasteiger partial charge is 0.347 e. The van der Waals surface area contributed by atoms with E-state index in [9.17, 15) is 4.79 Å². The molecule has 1 heterocycles. The van der Waals surface area contributed by atoms with Gasteiger partial charge in [-0.2, -0.15) is 0 Å². The lowest BCUT2D eigenvalue weighted by atomic mass is 9.97. The van der Waals surface area contributed by atoms with E-state index in [1.165, 1.54) is 0 Å². The molecule has 0 aliphatic carbocycles. The molecule has 0 spiro atoms. The quantitative estimate of drug-likeness (QED) is 0.338. The van der Waals surface area contributed by atoms with Crippen LogP contribution in [-0.2, 0) is 6.61 Å².